The Morgan fingerprint density at radius 3 is 2.42 bits per heavy atom. The van der Waals surface area contributed by atoms with Gasteiger partial charge in [-0.3, -0.25) is 9.78 Å². The van der Waals surface area contributed by atoms with E-state index in [1.54, 1.807) is 23.1 Å². The van der Waals surface area contributed by atoms with Gasteiger partial charge in [0, 0.05) is 29.5 Å². The van der Waals surface area contributed by atoms with Gasteiger partial charge in [-0.05, 0) is 55.3 Å². The number of carbonyl (C=O) groups is 1. The first-order valence-corrected chi connectivity index (χ1v) is 8.25. The Morgan fingerprint density at radius 2 is 1.69 bits per heavy atom. The summed E-state index contributed by atoms with van der Waals surface area (Å²) >= 11 is 0. The van der Waals surface area contributed by atoms with Crippen molar-refractivity contribution in [2.45, 2.75) is 13.8 Å². The molecule has 3 heterocycles. The van der Waals surface area contributed by atoms with Crippen LogP contribution in [0.3, 0.4) is 0 Å². The molecular weight excluding hydrogens is 326 g/mol. The summed E-state index contributed by atoms with van der Waals surface area (Å²) in [6, 6.07) is 13.5. The molecule has 0 saturated carbocycles. The minimum Gasteiger partial charge on any atom is -0.322 e. The van der Waals surface area contributed by atoms with Gasteiger partial charge in [0.2, 0.25) is 0 Å². The number of hydrogen-bond donors (Lipinski definition) is 1. The molecule has 6 nitrogen and oxygen atoms in total. The standard InChI is InChI=1S/C20H17N5O/c1-13-11-14(2)25-19(23-13)18(12-22-25)20(26)24-17-5-3-15(4-6-17)16-7-9-21-10-8-16/h3-12H,1-2H3,(H,24,26). The first kappa shape index (κ1) is 16.0. The fourth-order valence-electron chi connectivity index (χ4n) is 2.92. The zero-order valence-electron chi connectivity index (χ0n) is 14.5. The lowest BCUT2D eigenvalue weighted by Gasteiger charge is -2.06. The molecule has 1 N–H and O–H groups in total. The van der Waals surface area contributed by atoms with Gasteiger partial charge in [0.05, 0.1) is 6.20 Å². The average molecular weight is 343 g/mol. The molecule has 1 amide bonds. The lowest BCUT2D eigenvalue weighted by molar-refractivity contribution is 0.102. The van der Waals surface area contributed by atoms with E-state index in [0.717, 1.165) is 28.2 Å². The summed E-state index contributed by atoms with van der Waals surface area (Å²) in [6.45, 7) is 3.84. The van der Waals surface area contributed by atoms with Gasteiger partial charge < -0.3 is 5.32 Å². The number of anilines is 1. The van der Waals surface area contributed by atoms with E-state index in [4.69, 9.17) is 0 Å². The van der Waals surface area contributed by atoms with Crippen molar-refractivity contribution in [1.82, 2.24) is 19.6 Å². The Bertz CT molecular complexity index is 1080. The van der Waals surface area contributed by atoms with Crippen molar-refractivity contribution in [2.75, 3.05) is 5.32 Å². The molecule has 26 heavy (non-hydrogen) atoms. The van der Waals surface area contributed by atoms with Crippen LogP contribution in [-0.2, 0) is 0 Å². The van der Waals surface area contributed by atoms with Gasteiger partial charge in [-0.1, -0.05) is 12.1 Å². The molecular formula is C20H17N5O. The summed E-state index contributed by atoms with van der Waals surface area (Å²) < 4.78 is 1.68. The van der Waals surface area contributed by atoms with E-state index in [-0.39, 0.29) is 5.91 Å². The highest BCUT2D eigenvalue weighted by Crippen LogP contribution is 2.21. The van der Waals surface area contributed by atoms with Crippen molar-refractivity contribution >= 4 is 17.2 Å². The Kier molecular flexibility index (Phi) is 3.93. The van der Waals surface area contributed by atoms with Crippen LogP contribution in [0.1, 0.15) is 21.7 Å². The van der Waals surface area contributed by atoms with Gasteiger partial charge in [0.25, 0.3) is 5.91 Å². The second kappa shape index (κ2) is 6.40. The molecule has 0 unspecified atom stereocenters. The molecule has 0 spiro atoms. The van der Waals surface area contributed by atoms with Crippen molar-refractivity contribution in [3.05, 3.63) is 78.0 Å². The van der Waals surface area contributed by atoms with Crippen molar-refractivity contribution in [3.8, 4) is 11.1 Å². The van der Waals surface area contributed by atoms with Gasteiger partial charge in [0.1, 0.15) is 5.56 Å². The molecule has 3 aromatic heterocycles. The van der Waals surface area contributed by atoms with E-state index in [2.05, 4.69) is 20.4 Å². The molecule has 0 aliphatic heterocycles. The maximum absolute atomic E-state index is 12.7. The van der Waals surface area contributed by atoms with E-state index in [9.17, 15) is 4.79 Å². The molecule has 0 saturated heterocycles. The quantitative estimate of drug-likeness (QED) is 0.616. The molecule has 128 valence electrons. The fourth-order valence-corrected chi connectivity index (χ4v) is 2.92. The number of aromatic nitrogens is 4. The van der Waals surface area contributed by atoms with Gasteiger partial charge in [-0.15, -0.1) is 0 Å². The minimum absolute atomic E-state index is 0.228. The predicted molar refractivity (Wildman–Crippen MR) is 100 cm³/mol. The Morgan fingerprint density at radius 1 is 1.00 bits per heavy atom. The first-order valence-electron chi connectivity index (χ1n) is 8.25. The number of pyridine rings is 1. The van der Waals surface area contributed by atoms with E-state index >= 15 is 0 Å². The van der Waals surface area contributed by atoms with E-state index < -0.39 is 0 Å². The lowest BCUT2D eigenvalue weighted by atomic mass is 10.1. The largest absolute Gasteiger partial charge is 0.322 e. The Balaban J connectivity index is 1.59. The summed E-state index contributed by atoms with van der Waals surface area (Å²) in [5.74, 6) is -0.228. The van der Waals surface area contributed by atoms with Gasteiger partial charge in [-0.2, -0.15) is 5.10 Å². The van der Waals surface area contributed by atoms with Crippen LogP contribution in [0.15, 0.2) is 61.1 Å². The third-order valence-corrected chi connectivity index (χ3v) is 4.18. The molecule has 0 atom stereocenters. The predicted octanol–water partition coefficient (Wildman–Crippen LogP) is 3.66. The summed E-state index contributed by atoms with van der Waals surface area (Å²) in [5.41, 5.74) is 5.67. The van der Waals surface area contributed by atoms with E-state index in [0.29, 0.717) is 11.2 Å². The molecule has 0 fully saturated rings. The highest BCUT2D eigenvalue weighted by molar-refractivity contribution is 6.08. The lowest BCUT2D eigenvalue weighted by Crippen LogP contribution is -2.12. The highest BCUT2D eigenvalue weighted by atomic mass is 16.1. The minimum atomic E-state index is -0.228. The first-order chi connectivity index (χ1) is 12.6. The van der Waals surface area contributed by atoms with Crippen molar-refractivity contribution in [2.24, 2.45) is 0 Å². The number of benzene rings is 1. The van der Waals surface area contributed by atoms with Crippen LogP contribution in [0.5, 0.6) is 0 Å². The molecule has 6 heteroatoms. The van der Waals surface area contributed by atoms with E-state index in [1.165, 1.54) is 0 Å². The van der Waals surface area contributed by atoms with Crippen LogP contribution in [0.4, 0.5) is 5.69 Å². The molecule has 1 aromatic carbocycles. The molecule has 4 rings (SSSR count). The number of fused-ring (bicyclic) bond motifs is 1. The molecule has 4 aromatic rings. The maximum atomic E-state index is 12.7. The molecule has 0 radical (unpaired) electrons. The van der Waals surface area contributed by atoms with Crippen molar-refractivity contribution < 1.29 is 4.79 Å². The SMILES string of the molecule is Cc1cc(C)n2ncc(C(=O)Nc3ccc(-c4ccncc4)cc3)c2n1. The van der Waals surface area contributed by atoms with Gasteiger partial charge in [0.15, 0.2) is 5.65 Å². The number of nitrogens with zero attached hydrogens (tertiary/aromatic N) is 4. The van der Waals surface area contributed by atoms with Crippen LogP contribution in [0, 0.1) is 13.8 Å². The molecule has 0 bridgehead atoms. The zero-order valence-corrected chi connectivity index (χ0v) is 14.5. The number of nitrogens with one attached hydrogen (secondary N) is 1. The average Bonchev–Trinajstić information content (AvgIpc) is 3.07. The van der Waals surface area contributed by atoms with Gasteiger partial charge >= 0.3 is 0 Å². The number of carbonyl (C=O) groups excluding carboxylic acids is 1. The van der Waals surface area contributed by atoms with Gasteiger partial charge in [-0.25, -0.2) is 9.50 Å². The third-order valence-electron chi connectivity index (χ3n) is 4.18. The summed E-state index contributed by atoms with van der Waals surface area (Å²) in [6.07, 6.45) is 5.07. The van der Waals surface area contributed by atoms with Crippen LogP contribution in [0.25, 0.3) is 16.8 Å². The van der Waals surface area contributed by atoms with Crippen LogP contribution in [0.2, 0.25) is 0 Å². The fraction of sp³-hybridized carbons (Fsp3) is 0.100. The van der Waals surface area contributed by atoms with Crippen LogP contribution in [-0.4, -0.2) is 25.5 Å². The monoisotopic (exact) mass is 343 g/mol. The maximum Gasteiger partial charge on any atom is 0.261 e. The normalized spacial score (nSPS) is 10.8. The zero-order chi connectivity index (χ0) is 18.1. The number of hydrogen-bond acceptors (Lipinski definition) is 4. The Labute approximate surface area is 150 Å². The Hall–Kier alpha value is -3.54. The van der Waals surface area contributed by atoms with Crippen molar-refractivity contribution in [1.29, 1.82) is 0 Å². The third kappa shape index (κ3) is 2.93. The number of aryl methyl sites for hydroxylation is 2. The molecule has 0 aliphatic carbocycles. The topological polar surface area (TPSA) is 72.2 Å². The van der Waals surface area contributed by atoms with Crippen LogP contribution >= 0.6 is 0 Å². The number of rotatable bonds is 3. The summed E-state index contributed by atoms with van der Waals surface area (Å²) in [4.78, 5) is 21.1. The van der Waals surface area contributed by atoms with E-state index in [1.807, 2.05) is 56.3 Å². The second-order valence-corrected chi connectivity index (χ2v) is 6.10. The summed E-state index contributed by atoms with van der Waals surface area (Å²) in [5, 5.41) is 7.17. The highest BCUT2D eigenvalue weighted by Gasteiger charge is 2.15. The molecule has 0 aliphatic rings. The van der Waals surface area contributed by atoms with Crippen molar-refractivity contribution in [3.63, 3.8) is 0 Å². The van der Waals surface area contributed by atoms with Crippen LogP contribution < -0.4 is 5.32 Å². The smallest absolute Gasteiger partial charge is 0.261 e. The number of amides is 1. The second-order valence-electron chi connectivity index (χ2n) is 6.10. The summed E-state index contributed by atoms with van der Waals surface area (Å²) in [7, 11) is 0.